The normalized spacial score (nSPS) is 21.1. The van der Waals surface area contributed by atoms with E-state index < -0.39 is 0 Å². The van der Waals surface area contributed by atoms with Crippen LogP contribution in [0.25, 0.3) is 16.2 Å². The van der Waals surface area contributed by atoms with Gasteiger partial charge < -0.3 is 4.90 Å². The number of pyridine rings is 2. The van der Waals surface area contributed by atoms with Gasteiger partial charge in [-0.05, 0) is 49.8 Å². The third kappa shape index (κ3) is 5.01. The van der Waals surface area contributed by atoms with E-state index in [2.05, 4.69) is 19.1 Å². The smallest absolute Gasteiger partial charge is 0.205 e. The van der Waals surface area contributed by atoms with E-state index in [9.17, 15) is 4.79 Å². The van der Waals surface area contributed by atoms with E-state index in [1.165, 1.54) is 51.4 Å². The van der Waals surface area contributed by atoms with E-state index in [1.54, 1.807) is 23.3 Å². The second-order valence-corrected chi connectivity index (χ2v) is 12.0. The maximum absolute atomic E-state index is 13.5. The first-order valence-corrected chi connectivity index (χ1v) is 14.8. The molecule has 186 valence electrons. The number of piperazine rings is 1. The monoisotopic (exact) mass is 510 g/mol. The Bertz CT molecular complexity index is 1190. The summed E-state index contributed by atoms with van der Waals surface area (Å²) in [7, 11) is 0. The van der Waals surface area contributed by atoms with Crippen molar-refractivity contribution in [1.82, 2.24) is 23.7 Å². The van der Waals surface area contributed by atoms with E-state index in [-0.39, 0.29) is 5.43 Å². The van der Waals surface area contributed by atoms with Crippen LogP contribution in [0.15, 0.2) is 39.6 Å². The summed E-state index contributed by atoms with van der Waals surface area (Å²) in [6.07, 6.45) is 14.3. The number of piperidine rings is 1. The highest BCUT2D eigenvalue weighted by atomic mass is 32.2. The molecule has 2 aliphatic heterocycles. The molecule has 1 aliphatic carbocycles. The number of thiazole rings is 1. The Morgan fingerprint density at radius 2 is 1.69 bits per heavy atom. The maximum atomic E-state index is 13.5. The molecule has 0 amide bonds. The summed E-state index contributed by atoms with van der Waals surface area (Å²) in [5.74, 6) is 0.960. The number of anilines is 1. The van der Waals surface area contributed by atoms with Crippen LogP contribution >= 0.6 is 23.3 Å². The highest BCUT2D eigenvalue weighted by molar-refractivity contribution is 7.97. The van der Waals surface area contributed by atoms with Gasteiger partial charge in [-0.3, -0.25) is 14.3 Å². The van der Waals surface area contributed by atoms with Crippen molar-refractivity contribution >= 4 is 40.1 Å². The van der Waals surface area contributed by atoms with Crippen LogP contribution in [0.4, 0.5) is 5.82 Å². The summed E-state index contributed by atoms with van der Waals surface area (Å²) in [6.45, 7) is 6.22. The van der Waals surface area contributed by atoms with Crippen molar-refractivity contribution in [3.8, 4) is 5.13 Å². The Hall–Kier alpha value is -1.94. The molecule has 9 heteroatoms. The number of nitrogens with zero attached hydrogens (tertiary/aromatic N) is 6. The van der Waals surface area contributed by atoms with Crippen LogP contribution in [0.3, 0.4) is 0 Å². The van der Waals surface area contributed by atoms with Crippen molar-refractivity contribution in [3.63, 3.8) is 0 Å². The van der Waals surface area contributed by atoms with Gasteiger partial charge in [-0.2, -0.15) is 0 Å². The first-order chi connectivity index (χ1) is 17.3. The minimum Gasteiger partial charge on any atom is -0.354 e. The molecule has 0 aromatic carbocycles. The largest absolute Gasteiger partial charge is 0.354 e. The van der Waals surface area contributed by atoms with E-state index in [0.29, 0.717) is 11.0 Å². The zero-order valence-corrected chi connectivity index (χ0v) is 21.9. The van der Waals surface area contributed by atoms with Crippen molar-refractivity contribution in [3.05, 3.63) is 40.1 Å². The lowest BCUT2D eigenvalue weighted by Gasteiger charge is -2.41. The Morgan fingerprint density at radius 1 is 0.914 bits per heavy atom. The van der Waals surface area contributed by atoms with Gasteiger partial charge in [0.25, 0.3) is 0 Å². The number of hydrogen-bond acceptors (Lipinski definition) is 8. The van der Waals surface area contributed by atoms with Crippen molar-refractivity contribution in [2.75, 3.05) is 44.2 Å². The Labute approximate surface area is 215 Å². The molecule has 3 fully saturated rings. The van der Waals surface area contributed by atoms with Gasteiger partial charge in [0.2, 0.25) is 5.43 Å². The topological polar surface area (TPSA) is 57.5 Å². The average molecular weight is 511 g/mol. The van der Waals surface area contributed by atoms with Gasteiger partial charge in [0.15, 0.2) is 10.8 Å². The Morgan fingerprint density at radius 3 is 2.43 bits per heavy atom. The SMILES string of the molecule is O=c1c(SN2CCCCC2)cn(-c2nccs2)c2nc(N3CCN(C4CCCCC4)CC3)ccc12. The summed E-state index contributed by atoms with van der Waals surface area (Å²) in [5, 5.41) is 3.50. The average Bonchev–Trinajstić information content (AvgIpc) is 3.46. The summed E-state index contributed by atoms with van der Waals surface area (Å²) in [6, 6.07) is 4.79. The van der Waals surface area contributed by atoms with Crippen molar-refractivity contribution in [1.29, 1.82) is 0 Å². The molecule has 7 nitrogen and oxygen atoms in total. The first kappa shape index (κ1) is 23.5. The zero-order chi connectivity index (χ0) is 23.6. The standard InChI is InChI=1S/C26H34N6OS2/c33-24-21-9-10-23(30-16-14-29(15-17-30)20-7-3-1-4-8-20)28-25(21)32(26-27-11-18-34-26)19-22(24)35-31-12-5-2-6-13-31/h9-11,18-20H,1-8,12-17H2. The fourth-order valence-electron chi connectivity index (χ4n) is 5.75. The predicted molar refractivity (Wildman–Crippen MR) is 145 cm³/mol. The zero-order valence-electron chi connectivity index (χ0n) is 20.3. The molecular weight excluding hydrogens is 476 g/mol. The maximum Gasteiger partial charge on any atom is 0.205 e. The van der Waals surface area contributed by atoms with Crippen LogP contribution < -0.4 is 10.3 Å². The van der Waals surface area contributed by atoms with Gasteiger partial charge in [-0.1, -0.05) is 25.7 Å². The van der Waals surface area contributed by atoms with Gasteiger partial charge in [-0.25, -0.2) is 14.3 Å². The molecule has 3 aromatic heterocycles. The summed E-state index contributed by atoms with van der Waals surface area (Å²) < 4.78 is 4.35. The van der Waals surface area contributed by atoms with E-state index in [0.717, 1.165) is 61.2 Å². The minimum absolute atomic E-state index is 0.0737. The lowest BCUT2D eigenvalue weighted by atomic mass is 9.94. The summed E-state index contributed by atoms with van der Waals surface area (Å²) in [4.78, 5) is 28.9. The molecule has 0 radical (unpaired) electrons. The van der Waals surface area contributed by atoms with Gasteiger partial charge in [0, 0.05) is 63.1 Å². The molecule has 3 aromatic rings. The Balaban J connectivity index is 1.29. The van der Waals surface area contributed by atoms with E-state index >= 15 is 0 Å². The molecule has 35 heavy (non-hydrogen) atoms. The van der Waals surface area contributed by atoms with Crippen LogP contribution in [0.2, 0.25) is 0 Å². The molecule has 3 aliphatic rings. The minimum atomic E-state index is 0.0737. The summed E-state index contributed by atoms with van der Waals surface area (Å²) >= 11 is 3.17. The highest BCUT2D eigenvalue weighted by Crippen LogP contribution is 2.29. The molecule has 0 bridgehead atoms. The molecular formula is C26H34N6OS2. The molecule has 1 saturated carbocycles. The molecule has 0 spiro atoms. The quantitative estimate of drug-likeness (QED) is 0.458. The van der Waals surface area contributed by atoms with Crippen LogP contribution in [0.5, 0.6) is 0 Å². The van der Waals surface area contributed by atoms with Gasteiger partial charge in [0.1, 0.15) is 5.82 Å². The Kier molecular flexibility index (Phi) is 7.09. The molecule has 0 atom stereocenters. The van der Waals surface area contributed by atoms with Crippen molar-refractivity contribution in [2.45, 2.75) is 62.3 Å². The van der Waals surface area contributed by atoms with Crippen molar-refractivity contribution in [2.24, 2.45) is 0 Å². The molecule has 0 unspecified atom stereocenters. The lowest BCUT2D eigenvalue weighted by Crippen LogP contribution is -2.51. The van der Waals surface area contributed by atoms with Crippen LogP contribution in [-0.2, 0) is 0 Å². The lowest BCUT2D eigenvalue weighted by molar-refractivity contribution is 0.147. The first-order valence-electron chi connectivity index (χ1n) is 13.1. The highest BCUT2D eigenvalue weighted by Gasteiger charge is 2.26. The van der Waals surface area contributed by atoms with E-state index in [4.69, 9.17) is 4.98 Å². The number of hydrogen-bond donors (Lipinski definition) is 0. The molecule has 0 N–H and O–H groups in total. The third-order valence-electron chi connectivity index (χ3n) is 7.70. The van der Waals surface area contributed by atoms with Crippen molar-refractivity contribution < 1.29 is 0 Å². The fourth-order valence-corrected chi connectivity index (χ4v) is 7.43. The van der Waals surface area contributed by atoms with Gasteiger partial charge >= 0.3 is 0 Å². The molecule has 5 heterocycles. The predicted octanol–water partition coefficient (Wildman–Crippen LogP) is 4.79. The summed E-state index contributed by atoms with van der Waals surface area (Å²) in [5.41, 5.74) is 0.782. The number of fused-ring (bicyclic) bond motifs is 1. The van der Waals surface area contributed by atoms with Crippen LogP contribution in [0, 0.1) is 0 Å². The number of aromatic nitrogens is 3. The fraction of sp³-hybridized carbons (Fsp3) is 0.577. The second kappa shape index (κ2) is 10.6. The molecule has 6 rings (SSSR count). The van der Waals surface area contributed by atoms with Crippen LogP contribution in [0.1, 0.15) is 51.4 Å². The van der Waals surface area contributed by atoms with Gasteiger partial charge in [0.05, 0.1) is 10.3 Å². The third-order valence-corrected chi connectivity index (χ3v) is 9.58. The molecule has 2 saturated heterocycles. The van der Waals surface area contributed by atoms with Gasteiger partial charge in [-0.15, -0.1) is 11.3 Å². The second-order valence-electron chi connectivity index (χ2n) is 9.94. The van der Waals surface area contributed by atoms with Crippen LogP contribution in [-0.4, -0.2) is 69.1 Å². The van der Waals surface area contributed by atoms with E-state index in [1.807, 2.05) is 34.5 Å². The number of rotatable bonds is 5.